The Kier molecular flexibility index (Phi) is 4.90. The van der Waals surface area contributed by atoms with Crippen molar-refractivity contribution in [2.24, 2.45) is 23.2 Å². The lowest BCUT2D eigenvalue weighted by Gasteiger charge is -2.57. The number of ether oxygens (including phenoxy) is 1. The van der Waals surface area contributed by atoms with Gasteiger partial charge in [0.25, 0.3) is 0 Å². The summed E-state index contributed by atoms with van der Waals surface area (Å²) >= 11 is 0. The van der Waals surface area contributed by atoms with Crippen LogP contribution in [0, 0.1) is 23.2 Å². The number of rotatable bonds is 3. The molecule has 6 nitrogen and oxygen atoms in total. The number of carbonyl (C=O) groups is 2. The summed E-state index contributed by atoms with van der Waals surface area (Å²) in [6.07, 6.45) is 7.70. The van der Waals surface area contributed by atoms with Crippen LogP contribution in [0.25, 0.3) is 0 Å². The van der Waals surface area contributed by atoms with Crippen LogP contribution in [0.2, 0.25) is 0 Å². The van der Waals surface area contributed by atoms with Gasteiger partial charge in [0, 0.05) is 39.3 Å². The molecular formula is C22H35N3O3. The van der Waals surface area contributed by atoms with Crippen LogP contribution in [0.4, 0.5) is 0 Å². The zero-order chi connectivity index (χ0) is 19.3. The second-order valence-corrected chi connectivity index (χ2v) is 10.3. The molecule has 2 amide bonds. The van der Waals surface area contributed by atoms with E-state index < -0.39 is 0 Å². The number of carbonyl (C=O) groups excluding carboxylic acids is 2. The van der Waals surface area contributed by atoms with E-state index in [1.807, 2.05) is 11.8 Å². The number of morpholine rings is 1. The molecule has 2 saturated heterocycles. The molecule has 0 spiro atoms. The van der Waals surface area contributed by atoms with Gasteiger partial charge in [0.15, 0.2) is 0 Å². The third-order valence-electron chi connectivity index (χ3n) is 8.10. The van der Waals surface area contributed by atoms with Crippen LogP contribution >= 0.6 is 0 Å². The van der Waals surface area contributed by atoms with Crippen molar-refractivity contribution in [1.82, 2.24) is 14.7 Å². The average molecular weight is 390 g/mol. The molecule has 0 aromatic heterocycles. The summed E-state index contributed by atoms with van der Waals surface area (Å²) in [6, 6.07) is 0. The highest BCUT2D eigenvalue weighted by Crippen LogP contribution is 2.60. The maximum atomic E-state index is 13.5. The Balaban J connectivity index is 1.14. The molecular weight excluding hydrogens is 354 g/mol. The van der Waals surface area contributed by atoms with Gasteiger partial charge in [-0.25, -0.2) is 0 Å². The topological polar surface area (TPSA) is 53.1 Å². The van der Waals surface area contributed by atoms with Gasteiger partial charge >= 0.3 is 0 Å². The summed E-state index contributed by atoms with van der Waals surface area (Å²) in [5.41, 5.74) is -0.0311. The monoisotopic (exact) mass is 389 g/mol. The quantitative estimate of drug-likeness (QED) is 0.736. The SMILES string of the molecule is CC1CN(C(=O)CN2CCN(C(=O)C34CC5CC(CC(C5)C3)C4)CC2)CCO1. The molecule has 6 aliphatic rings. The van der Waals surface area contributed by atoms with Crippen LogP contribution in [-0.2, 0) is 14.3 Å². The largest absolute Gasteiger partial charge is 0.375 e. The van der Waals surface area contributed by atoms with Crippen molar-refractivity contribution in [3.8, 4) is 0 Å². The highest BCUT2D eigenvalue weighted by molar-refractivity contribution is 5.83. The Morgan fingerprint density at radius 2 is 1.50 bits per heavy atom. The average Bonchev–Trinajstić information content (AvgIpc) is 2.67. The van der Waals surface area contributed by atoms with Gasteiger partial charge in [-0.05, 0) is 63.2 Å². The first-order valence-electron chi connectivity index (χ1n) is 11.4. The summed E-state index contributed by atoms with van der Waals surface area (Å²) in [4.78, 5) is 32.4. The van der Waals surface area contributed by atoms with E-state index in [2.05, 4.69) is 9.80 Å². The second kappa shape index (κ2) is 7.28. The molecule has 0 aromatic rings. The molecule has 6 heteroatoms. The number of amides is 2. The number of hydrogen-bond acceptors (Lipinski definition) is 4. The number of piperazine rings is 1. The van der Waals surface area contributed by atoms with Crippen molar-refractivity contribution in [3.63, 3.8) is 0 Å². The van der Waals surface area contributed by atoms with E-state index >= 15 is 0 Å². The molecule has 6 rings (SSSR count). The third-order valence-corrected chi connectivity index (χ3v) is 8.10. The highest BCUT2D eigenvalue weighted by atomic mass is 16.5. The Morgan fingerprint density at radius 3 is 2.07 bits per heavy atom. The van der Waals surface area contributed by atoms with Crippen LogP contribution in [0.15, 0.2) is 0 Å². The first-order chi connectivity index (χ1) is 13.5. The van der Waals surface area contributed by atoms with Crippen LogP contribution < -0.4 is 0 Å². The minimum atomic E-state index is -0.0311. The summed E-state index contributed by atoms with van der Waals surface area (Å²) < 4.78 is 5.54. The second-order valence-electron chi connectivity index (χ2n) is 10.3. The van der Waals surface area contributed by atoms with Crippen LogP contribution in [0.3, 0.4) is 0 Å². The lowest BCUT2D eigenvalue weighted by Crippen LogP contribution is -2.59. The Labute approximate surface area is 168 Å². The molecule has 156 valence electrons. The van der Waals surface area contributed by atoms with Gasteiger partial charge in [-0.2, -0.15) is 0 Å². The van der Waals surface area contributed by atoms with E-state index in [4.69, 9.17) is 4.74 Å². The maximum absolute atomic E-state index is 13.5. The van der Waals surface area contributed by atoms with E-state index in [-0.39, 0.29) is 17.4 Å². The van der Waals surface area contributed by atoms with Crippen molar-refractivity contribution in [3.05, 3.63) is 0 Å². The predicted octanol–water partition coefficient (Wildman–Crippen LogP) is 1.59. The normalized spacial score (nSPS) is 40.8. The fraction of sp³-hybridized carbons (Fsp3) is 0.909. The lowest BCUT2D eigenvalue weighted by atomic mass is 9.49. The van der Waals surface area contributed by atoms with E-state index in [1.165, 1.54) is 19.3 Å². The predicted molar refractivity (Wildman–Crippen MR) is 106 cm³/mol. The number of hydrogen-bond donors (Lipinski definition) is 0. The van der Waals surface area contributed by atoms with Gasteiger partial charge < -0.3 is 14.5 Å². The minimum Gasteiger partial charge on any atom is -0.375 e. The highest BCUT2D eigenvalue weighted by Gasteiger charge is 2.55. The molecule has 2 heterocycles. The van der Waals surface area contributed by atoms with Crippen molar-refractivity contribution >= 4 is 11.8 Å². The Morgan fingerprint density at radius 1 is 0.893 bits per heavy atom. The van der Waals surface area contributed by atoms with E-state index in [0.29, 0.717) is 32.1 Å². The van der Waals surface area contributed by atoms with Gasteiger partial charge in [0.05, 0.1) is 24.7 Å². The van der Waals surface area contributed by atoms with Crippen molar-refractivity contribution in [1.29, 1.82) is 0 Å². The molecule has 0 radical (unpaired) electrons. The summed E-state index contributed by atoms with van der Waals surface area (Å²) in [5.74, 6) is 3.08. The maximum Gasteiger partial charge on any atom is 0.236 e. The molecule has 1 atom stereocenters. The van der Waals surface area contributed by atoms with Gasteiger partial charge in [-0.3, -0.25) is 14.5 Å². The first-order valence-corrected chi connectivity index (χ1v) is 11.4. The molecule has 6 fully saturated rings. The number of nitrogens with zero attached hydrogens (tertiary/aromatic N) is 3. The van der Waals surface area contributed by atoms with Crippen LogP contribution in [-0.4, -0.2) is 85.0 Å². The van der Waals surface area contributed by atoms with Crippen molar-refractivity contribution in [2.75, 3.05) is 52.4 Å². The van der Waals surface area contributed by atoms with Crippen LogP contribution in [0.5, 0.6) is 0 Å². The molecule has 28 heavy (non-hydrogen) atoms. The van der Waals surface area contributed by atoms with E-state index in [1.54, 1.807) is 0 Å². The van der Waals surface area contributed by atoms with Gasteiger partial charge in [0.2, 0.25) is 11.8 Å². The third kappa shape index (κ3) is 3.47. The summed E-state index contributed by atoms with van der Waals surface area (Å²) in [7, 11) is 0. The first kappa shape index (κ1) is 18.9. The molecule has 0 N–H and O–H groups in total. The molecule has 0 aromatic carbocycles. The van der Waals surface area contributed by atoms with Gasteiger partial charge in [-0.15, -0.1) is 0 Å². The minimum absolute atomic E-state index is 0.0311. The van der Waals surface area contributed by atoms with Crippen molar-refractivity contribution in [2.45, 2.75) is 51.6 Å². The zero-order valence-corrected chi connectivity index (χ0v) is 17.3. The molecule has 4 saturated carbocycles. The Bertz CT molecular complexity index is 593. The van der Waals surface area contributed by atoms with Gasteiger partial charge in [0.1, 0.15) is 0 Å². The zero-order valence-electron chi connectivity index (χ0n) is 17.3. The standard InChI is InChI=1S/C22H35N3O3/c1-16-14-25(6-7-28-16)20(26)15-23-2-4-24(5-3-23)21(27)22-11-17-8-18(12-22)10-19(9-17)13-22/h16-19H,2-15H2,1H3. The fourth-order valence-electron chi connectivity index (χ4n) is 7.15. The van der Waals surface area contributed by atoms with E-state index in [0.717, 1.165) is 63.2 Å². The van der Waals surface area contributed by atoms with E-state index in [9.17, 15) is 9.59 Å². The summed E-state index contributed by atoms with van der Waals surface area (Å²) in [6.45, 7) is 7.76. The van der Waals surface area contributed by atoms with Gasteiger partial charge in [-0.1, -0.05) is 0 Å². The molecule has 4 bridgehead atoms. The van der Waals surface area contributed by atoms with Crippen molar-refractivity contribution < 1.29 is 14.3 Å². The molecule has 4 aliphatic carbocycles. The lowest BCUT2D eigenvalue weighted by molar-refractivity contribution is -0.159. The molecule has 1 unspecified atom stereocenters. The Hall–Kier alpha value is -1.14. The smallest absolute Gasteiger partial charge is 0.236 e. The van der Waals surface area contributed by atoms with Crippen LogP contribution in [0.1, 0.15) is 45.4 Å². The molecule has 2 aliphatic heterocycles. The summed E-state index contributed by atoms with van der Waals surface area (Å²) in [5, 5.41) is 0. The fourth-order valence-corrected chi connectivity index (χ4v) is 7.15.